The molecular formula is C18H24N2O2. The van der Waals surface area contributed by atoms with Crippen molar-refractivity contribution in [2.45, 2.75) is 50.9 Å². The lowest BCUT2D eigenvalue weighted by molar-refractivity contribution is -0.139. The Morgan fingerprint density at radius 1 is 1.09 bits per heavy atom. The predicted octanol–water partition coefficient (Wildman–Crippen LogP) is 3.08. The highest BCUT2D eigenvalue weighted by atomic mass is 16.2. The van der Waals surface area contributed by atoms with Crippen molar-refractivity contribution < 1.29 is 9.59 Å². The molecule has 0 aromatic heterocycles. The summed E-state index contributed by atoms with van der Waals surface area (Å²) in [5.74, 6) is 0.320. The maximum Gasteiger partial charge on any atom is 0.233 e. The molecule has 0 bridgehead atoms. The van der Waals surface area contributed by atoms with Gasteiger partial charge in [-0.15, -0.1) is 0 Å². The molecule has 4 nitrogen and oxygen atoms in total. The molecule has 0 radical (unpaired) electrons. The van der Waals surface area contributed by atoms with Gasteiger partial charge in [0.05, 0.1) is 5.41 Å². The molecule has 2 amide bonds. The highest BCUT2D eigenvalue weighted by molar-refractivity contribution is 5.91. The lowest BCUT2D eigenvalue weighted by Crippen LogP contribution is -2.50. The van der Waals surface area contributed by atoms with E-state index in [1.165, 1.54) is 0 Å². The van der Waals surface area contributed by atoms with Gasteiger partial charge in [0, 0.05) is 25.2 Å². The second kappa shape index (κ2) is 6.11. The van der Waals surface area contributed by atoms with Crippen molar-refractivity contribution in [3.8, 4) is 0 Å². The first-order valence-electron chi connectivity index (χ1n) is 8.35. The number of rotatable bonds is 4. The zero-order valence-corrected chi connectivity index (χ0v) is 13.2. The Labute approximate surface area is 131 Å². The van der Waals surface area contributed by atoms with Crippen molar-refractivity contribution >= 4 is 17.5 Å². The van der Waals surface area contributed by atoms with E-state index >= 15 is 0 Å². The van der Waals surface area contributed by atoms with E-state index in [-0.39, 0.29) is 11.3 Å². The summed E-state index contributed by atoms with van der Waals surface area (Å²) in [5, 5.41) is 2.86. The molecule has 1 aliphatic heterocycles. The van der Waals surface area contributed by atoms with Crippen molar-refractivity contribution in [2.75, 3.05) is 18.4 Å². The molecule has 4 heteroatoms. The van der Waals surface area contributed by atoms with Crippen LogP contribution in [0.2, 0.25) is 0 Å². The van der Waals surface area contributed by atoms with Crippen LogP contribution in [0, 0.1) is 0 Å². The smallest absolute Gasteiger partial charge is 0.233 e. The maximum atomic E-state index is 12.9. The fraction of sp³-hybridized carbons (Fsp3) is 0.556. The van der Waals surface area contributed by atoms with E-state index in [9.17, 15) is 9.59 Å². The first-order chi connectivity index (χ1) is 10.7. The normalized spacial score (nSPS) is 19.6. The van der Waals surface area contributed by atoms with Crippen molar-refractivity contribution in [1.82, 2.24) is 4.90 Å². The monoisotopic (exact) mass is 300 g/mol. The lowest BCUT2D eigenvalue weighted by Gasteiger charge is -2.43. The number of likely N-dealkylation sites (tertiary alicyclic amines) is 1. The van der Waals surface area contributed by atoms with Crippen LogP contribution in [0.1, 0.15) is 51.0 Å². The molecule has 0 spiro atoms. The third-order valence-corrected chi connectivity index (χ3v) is 5.05. The molecule has 1 aromatic rings. The van der Waals surface area contributed by atoms with Crippen molar-refractivity contribution in [3.05, 3.63) is 29.8 Å². The summed E-state index contributed by atoms with van der Waals surface area (Å²) in [6.45, 7) is 3.65. The van der Waals surface area contributed by atoms with Crippen LogP contribution in [0.5, 0.6) is 0 Å². The molecule has 1 saturated carbocycles. The van der Waals surface area contributed by atoms with Crippen LogP contribution in [0.4, 0.5) is 5.69 Å². The van der Waals surface area contributed by atoms with Gasteiger partial charge >= 0.3 is 0 Å². The number of amides is 2. The van der Waals surface area contributed by atoms with E-state index in [1.807, 2.05) is 36.1 Å². The van der Waals surface area contributed by atoms with Crippen LogP contribution >= 0.6 is 0 Å². The summed E-state index contributed by atoms with van der Waals surface area (Å²) < 4.78 is 0. The van der Waals surface area contributed by atoms with Gasteiger partial charge in [0.1, 0.15) is 0 Å². The molecule has 1 heterocycles. The van der Waals surface area contributed by atoms with Gasteiger partial charge in [-0.05, 0) is 43.4 Å². The van der Waals surface area contributed by atoms with E-state index < -0.39 is 0 Å². The van der Waals surface area contributed by atoms with Crippen LogP contribution in [0.15, 0.2) is 24.3 Å². The van der Waals surface area contributed by atoms with Gasteiger partial charge in [-0.3, -0.25) is 9.59 Å². The summed E-state index contributed by atoms with van der Waals surface area (Å²) in [6, 6.07) is 7.86. The first-order valence-corrected chi connectivity index (χ1v) is 8.35. The Morgan fingerprint density at radius 3 is 2.23 bits per heavy atom. The zero-order chi connectivity index (χ0) is 15.6. The molecule has 2 fully saturated rings. The summed E-state index contributed by atoms with van der Waals surface area (Å²) in [6.07, 6.45) is 5.74. The Bertz CT molecular complexity index is 555. The standard InChI is InChI=1S/C18H24N2O2/c1-2-16(21)19-15-8-6-14(7-9-15)18(10-5-11-18)17(22)20-12-3-4-13-20/h6-9H,2-5,10-13H2,1H3,(H,19,21). The third kappa shape index (κ3) is 2.62. The van der Waals surface area contributed by atoms with Crippen LogP contribution < -0.4 is 5.32 Å². The molecule has 1 N–H and O–H groups in total. The van der Waals surface area contributed by atoms with E-state index in [2.05, 4.69) is 5.32 Å². The van der Waals surface area contributed by atoms with Gasteiger partial charge in [0.25, 0.3) is 0 Å². The second-order valence-corrected chi connectivity index (χ2v) is 6.41. The van der Waals surface area contributed by atoms with E-state index in [0.29, 0.717) is 12.3 Å². The van der Waals surface area contributed by atoms with Crippen LogP contribution in [-0.4, -0.2) is 29.8 Å². The number of hydrogen-bond donors (Lipinski definition) is 1. The topological polar surface area (TPSA) is 49.4 Å². The average molecular weight is 300 g/mol. The number of hydrogen-bond acceptors (Lipinski definition) is 2. The minimum atomic E-state index is -0.308. The fourth-order valence-corrected chi connectivity index (χ4v) is 3.50. The Balaban J connectivity index is 1.78. The Hall–Kier alpha value is -1.84. The van der Waals surface area contributed by atoms with Crippen LogP contribution in [-0.2, 0) is 15.0 Å². The number of carbonyl (C=O) groups excluding carboxylic acids is 2. The molecule has 22 heavy (non-hydrogen) atoms. The van der Waals surface area contributed by atoms with E-state index in [4.69, 9.17) is 0 Å². The van der Waals surface area contributed by atoms with Gasteiger partial charge in [-0.25, -0.2) is 0 Å². The number of benzene rings is 1. The molecule has 0 atom stereocenters. The maximum absolute atomic E-state index is 12.9. The van der Waals surface area contributed by atoms with Gasteiger partial charge in [0.2, 0.25) is 11.8 Å². The van der Waals surface area contributed by atoms with Gasteiger partial charge in [-0.2, -0.15) is 0 Å². The predicted molar refractivity (Wildman–Crippen MR) is 86.7 cm³/mol. The van der Waals surface area contributed by atoms with Gasteiger partial charge in [-0.1, -0.05) is 25.5 Å². The highest BCUT2D eigenvalue weighted by Crippen LogP contribution is 2.45. The number of nitrogens with one attached hydrogen (secondary N) is 1. The molecule has 1 aliphatic carbocycles. The van der Waals surface area contributed by atoms with Crippen molar-refractivity contribution in [3.63, 3.8) is 0 Å². The quantitative estimate of drug-likeness (QED) is 0.929. The summed E-state index contributed by atoms with van der Waals surface area (Å²) in [5.41, 5.74) is 1.60. The van der Waals surface area contributed by atoms with Crippen molar-refractivity contribution in [2.24, 2.45) is 0 Å². The fourth-order valence-electron chi connectivity index (χ4n) is 3.50. The molecule has 118 valence electrons. The minimum Gasteiger partial charge on any atom is -0.342 e. The number of nitrogens with zero attached hydrogens (tertiary/aromatic N) is 1. The summed E-state index contributed by atoms with van der Waals surface area (Å²) in [7, 11) is 0. The average Bonchev–Trinajstić information content (AvgIpc) is 3.02. The molecule has 2 aliphatic rings. The SMILES string of the molecule is CCC(=O)Nc1ccc(C2(C(=O)N3CCCC3)CCC2)cc1. The van der Waals surface area contributed by atoms with Gasteiger partial charge in [0.15, 0.2) is 0 Å². The Morgan fingerprint density at radius 2 is 1.73 bits per heavy atom. The lowest BCUT2D eigenvalue weighted by atomic mass is 9.63. The summed E-state index contributed by atoms with van der Waals surface area (Å²) >= 11 is 0. The second-order valence-electron chi connectivity index (χ2n) is 6.41. The zero-order valence-electron chi connectivity index (χ0n) is 13.2. The largest absolute Gasteiger partial charge is 0.342 e. The van der Waals surface area contributed by atoms with Crippen molar-refractivity contribution in [1.29, 1.82) is 0 Å². The molecule has 3 rings (SSSR count). The molecule has 1 saturated heterocycles. The van der Waals surface area contributed by atoms with Crippen LogP contribution in [0.25, 0.3) is 0 Å². The van der Waals surface area contributed by atoms with Gasteiger partial charge < -0.3 is 10.2 Å². The van der Waals surface area contributed by atoms with E-state index in [0.717, 1.165) is 56.4 Å². The number of carbonyl (C=O) groups is 2. The third-order valence-electron chi connectivity index (χ3n) is 5.05. The number of anilines is 1. The molecular weight excluding hydrogens is 276 g/mol. The summed E-state index contributed by atoms with van der Waals surface area (Å²) in [4.78, 5) is 26.4. The molecule has 1 aromatic carbocycles. The minimum absolute atomic E-state index is 0.0132. The van der Waals surface area contributed by atoms with E-state index in [1.54, 1.807) is 0 Å². The molecule has 0 unspecified atom stereocenters. The Kier molecular flexibility index (Phi) is 4.19. The van der Waals surface area contributed by atoms with Crippen LogP contribution in [0.3, 0.4) is 0 Å². The first kappa shape index (κ1) is 15.1. The highest BCUT2D eigenvalue weighted by Gasteiger charge is 2.47.